The Balaban J connectivity index is -0.0000000725. The molecule has 0 rings (SSSR count). The lowest BCUT2D eigenvalue weighted by atomic mass is 10.2. The lowest BCUT2D eigenvalue weighted by molar-refractivity contribution is -0.126. The van der Waals surface area contributed by atoms with E-state index in [-0.39, 0.29) is 54.0 Å². The molecule has 0 aliphatic rings. The number of ketones is 6. The van der Waals surface area contributed by atoms with Gasteiger partial charge in [-0.05, 0) is 41.5 Å². The van der Waals surface area contributed by atoms with Crippen molar-refractivity contribution in [3.8, 4) is 0 Å². The van der Waals surface area contributed by atoms with Crippen LogP contribution in [0.4, 0.5) is 0 Å². The molecule has 0 aliphatic heterocycles. The van der Waals surface area contributed by atoms with Gasteiger partial charge >= 0.3 is 0 Å². The van der Waals surface area contributed by atoms with Gasteiger partial charge in [-0.25, -0.2) is 0 Å². The van der Waals surface area contributed by atoms with Crippen molar-refractivity contribution in [2.75, 3.05) is 0 Å². The fraction of sp³-hybridized carbons (Fsp3) is 0.684. The third-order valence-electron chi connectivity index (χ3n) is 1.49. The van der Waals surface area contributed by atoms with E-state index in [0.717, 1.165) is 0 Å². The Morgan fingerprint density at radius 1 is 0.360 bits per heavy atom. The first-order valence-electron chi connectivity index (χ1n) is 8.35. The van der Waals surface area contributed by atoms with Crippen LogP contribution in [0.15, 0.2) is 0 Å². The van der Waals surface area contributed by atoms with Crippen LogP contribution in [0.1, 0.15) is 88.5 Å². The van der Waals surface area contributed by atoms with Crippen molar-refractivity contribution in [3.05, 3.63) is 0 Å². The smallest absolute Gasteiger partial charge is 0.137 e. The van der Waals surface area contributed by atoms with Crippen LogP contribution in [0, 0.1) is 0 Å². The summed E-state index contributed by atoms with van der Waals surface area (Å²) in [6, 6.07) is 0. The fourth-order valence-corrected chi connectivity index (χ4v) is 1.05. The van der Waals surface area contributed by atoms with Crippen LogP contribution < -0.4 is 0 Å². The number of rotatable bonds is 6. The minimum atomic E-state index is -0.0625. The lowest BCUT2D eigenvalue weighted by Gasteiger charge is -1.81. The highest BCUT2D eigenvalue weighted by molar-refractivity contribution is 5.97. The molecule has 0 saturated carbocycles. The number of carbonyl (C=O) groups is 6. The van der Waals surface area contributed by atoms with Crippen molar-refractivity contribution < 1.29 is 28.8 Å². The van der Waals surface area contributed by atoms with E-state index in [9.17, 15) is 28.8 Å². The molecule has 0 atom stereocenters. The number of hydrogen-bond donors (Lipinski definition) is 0. The molecule has 0 aliphatic carbocycles. The zero-order valence-electron chi connectivity index (χ0n) is 17.6. The zero-order valence-corrected chi connectivity index (χ0v) is 17.6. The minimum Gasteiger partial charge on any atom is -0.300 e. The van der Waals surface area contributed by atoms with Gasteiger partial charge in [0.25, 0.3) is 0 Å². The van der Waals surface area contributed by atoms with Crippen LogP contribution in [-0.2, 0) is 28.8 Å². The maximum atomic E-state index is 10.0. The molecular formula is C19H36O6. The average molecular weight is 360 g/mol. The summed E-state index contributed by atoms with van der Waals surface area (Å²) >= 11 is 0. The highest BCUT2D eigenvalue weighted by Gasteiger charge is 1.95. The molecule has 6 heteroatoms. The monoisotopic (exact) mass is 360 g/mol. The van der Waals surface area contributed by atoms with Crippen molar-refractivity contribution in [2.45, 2.75) is 88.5 Å². The van der Waals surface area contributed by atoms with Gasteiger partial charge in [0.15, 0.2) is 0 Å². The van der Waals surface area contributed by atoms with Gasteiger partial charge in [-0.15, -0.1) is 0 Å². The molecule has 148 valence electrons. The number of hydrogen-bond acceptors (Lipinski definition) is 6. The molecule has 0 heterocycles. The van der Waals surface area contributed by atoms with Crippen LogP contribution in [0.3, 0.4) is 0 Å². The van der Waals surface area contributed by atoms with E-state index in [4.69, 9.17) is 0 Å². The average Bonchev–Trinajstić information content (AvgIpc) is 2.39. The van der Waals surface area contributed by atoms with E-state index in [1.807, 2.05) is 27.7 Å². The van der Waals surface area contributed by atoms with E-state index in [1.54, 1.807) is 0 Å². The summed E-state index contributed by atoms with van der Waals surface area (Å²) in [5.41, 5.74) is 0. The van der Waals surface area contributed by atoms with Crippen molar-refractivity contribution >= 4 is 34.7 Å². The van der Waals surface area contributed by atoms with Crippen LogP contribution >= 0.6 is 0 Å². The number of carbonyl (C=O) groups excluding carboxylic acids is 6. The first-order chi connectivity index (χ1) is 11.4. The first kappa shape index (κ1) is 34.4. The molecule has 0 unspecified atom stereocenters. The molecule has 0 aromatic carbocycles. The summed E-state index contributed by atoms with van der Waals surface area (Å²) in [5.74, 6) is -0.375. The highest BCUT2D eigenvalue weighted by Crippen LogP contribution is 1.81. The van der Waals surface area contributed by atoms with E-state index in [0.29, 0.717) is 0 Å². The molecule has 0 spiro atoms. The van der Waals surface area contributed by atoms with Gasteiger partial charge in [-0.1, -0.05) is 27.7 Å². The molecule has 25 heavy (non-hydrogen) atoms. The summed E-state index contributed by atoms with van der Waals surface area (Å²) in [7, 11) is 0. The van der Waals surface area contributed by atoms with Crippen molar-refractivity contribution in [1.29, 1.82) is 0 Å². The Hall–Kier alpha value is -1.98. The molecule has 0 fully saturated rings. The molecule has 6 nitrogen and oxygen atoms in total. The summed E-state index contributed by atoms with van der Waals surface area (Å²) in [6.45, 7) is 16.4. The topological polar surface area (TPSA) is 102 Å². The second kappa shape index (κ2) is 26.9. The normalized spacial score (nSPS) is 7.44. The van der Waals surface area contributed by atoms with Crippen molar-refractivity contribution in [2.24, 2.45) is 0 Å². The molecule has 0 N–H and O–H groups in total. The molecule has 0 aromatic heterocycles. The molecule has 0 amide bonds. The predicted molar refractivity (Wildman–Crippen MR) is 101 cm³/mol. The predicted octanol–water partition coefficient (Wildman–Crippen LogP) is 3.72. The first-order valence-corrected chi connectivity index (χ1v) is 8.35. The lowest BCUT2D eigenvalue weighted by Crippen LogP contribution is -1.97. The Morgan fingerprint density at radius 2 is 0.440 bits per heavy atom. The largest absolute Gasteiger partial charge is 0.300 e. The Morgan fingerprint density at radius 3 is 0.440 bits per heavy atom. The van der Waals surface area contributed by atoms with Gasteiger partial charge in [0.1, 0.15) is 34.7 Å². The second-order valence-corrected chi connectivity index (χ2v) is 4.74. The van der Waals surface area contributed by atoms with Crippen molar-refractivity contribution in [3.63, 3.8) is 0 Å². The van der Waals surface area contributed by atoms with Crippen LogP contribution in [0.2, 0.25) is 0 Å². The number of Topliss-reactive ketones (excluding diaryl/α,β-unsaturated/α-hetero) is 6. The maximum absolute atomic E-state index is 10.0. The summed E-state index contributed by atoms with van der Waals surface area (Å²) in [6.07, 6.45) is 0.250. The SMILES string of the molecule is CC.CC.CC(=O)CC(C)=O.CC(=O)CC(C)=O.CC(=O)CC(C)=O. The maximum Gasteiger partial charge on any atom is 0.137 e. The quantitative estimate of drug-likeness (QED) is 0.669. The molecular weight excluding hydrogens is 324 g/mol. The second-order valence-electron chi connectivity index (χ2n) is 4.74. The Labute approximate surface area is 152 Å². The molecule has 0 aromatic rings. The zero-order chi connectivity index (χ0) is 21.6. The Bertz CT molecular complexity index is 310. The fourth-order valence-electron chi connectivity index (χ4n) is 1.05. The van der Waals surface area contributed by atoms with Crippen molar-refractivity contribution in [1.82, 2.24) is 0 Å². The summed E-state index contributed by atoms with van der Waals surface area (Å²) in [4.78, 5) is 60.2. The Kier molecular flexibility index (Phi) is 37.0. The third kappa shape index (κ3) is 87.9. The van der Waals surface area contributed by atoms with E-state index < -0.39 is 0 Å². The molecule has 0 bridgehead atoms. The highest BCUT2D eigenvalue weighted by atomic mass is 16.2. The molecule has 0 radical (unpaired) electrons. The summed E-state index contributed by atoms with van der Waals surface area (Å²) < 4.78 is 0. The minimum absolute atomic E-state index is 0.0625. The van der Waals surface area contributed by atoms with Gasteiger partial charge in [-0.2, -0.15) is 0 Å². The van der Waals surface area contributed by atoms with E-state index >= 15 is 0 Å². The van der Waals surface area contributed by atoms with Gasteiger partial charge in [-0.3, -0.25) is 28.8 Å². The van der Waals surface area contributed by atoms with Gasteiger partial charge < -0.3 is 0 Å². The third-order valence-corrected chi connectivity index (χ3v) is 1.49. The van der Waals surface area contributed by atoms with E-state index in [1.165, 1.54) is 41.5 Å². The van der Waals surface area contributed by atoms with E-state index in [2.05, 4.69) is 0 Å². The van der Waals surface area contributed by atoms with Gasteiger partial charge in [0, 0.05) is 0 Å². The standard InChI is InChI=1S/3C5H8O2.2C2H6/c3*1-4(6)3-5(2)7;2*1-2/h3*3H2,1-2H3;2*1-2H3. The molecule has 0 saturated heterocycles. The van der Waals surface area contributed by atoms with Crippen LogP contribution in [0.5, 0.6) is 0 Å². The van der Waals surface area contributed by atoms with Gasteiger partial charge in [0.2, 0.25) is 0 Å². The van der Waals surface area contributed by atoms with Crippen LogP contribution in [0.25, 0.3) is 0 Å². The van der Waals surface area contributed by atoms with Gasteiger partial charge in [0.05, 0.1) is 19.3 Å². The summed E-state index contributed by atoms with van der Waals surface area (Å²) in [5, 5.41) is 0. The van der Waals surface area contributed by atoms with Crippen LogP contribution in [-0.4, -0.2) is 34.7 Å².